The average molecular weight is 351 g/mol. The van der Waals surface area contributed by atoms with Crippen LogP contribution in [-0.2, 0) is 11.3 Å². The van der Waals surface area contributed by atoms with Crippen molar-refractivity contribution in [3.8, 4) is 5.75 Å². The maximum absolute atomic E-state index is 11.9. The Kier molecular flexibility index (Phi) is 10.9. The van der Waals surface area contributed by atoms with E-state index in [2.05, 4.69) is 17.6 Å². The van der Waals surface area contributed by atoms with Crippen LogP contribution in [0.3, 0.4) is 0 Å². The third-order valence-electron chi connectivity index (χ3n) is 3.90. The predicted octanol–water partition coefficient (Wildman–Crippen LogP) is 3.01. The SMILES string of the molecule is CCCCCCC(=O)NCc1ccccc1OCC(O)CNC(C)C. The summed E-state index contributed by atoms with van der Waals surface area (Å²) in [6.07, 6.45) is 4.40. The first-order valence-corrected chi connectivity index (χ1v) is 9.41. The van der Waals surface area contributed by atoms with Gasteiger partial charge in [0, 0.05) is 31.1 Å². The van der Waals surface area contributed by atoms with Gasteiger partial charge < -0.3 is 20.5 Å². The lowest BCUT2D eigenvalue weighted by Crippen LogP contribution is -2.35. The summed E-state index contributed by atoms with van der Waals surface area (Å²) in [4.78, 5) is 11.9. The molecule has 0 aliphatic heterocycles. The lowest BCUT2D eigenvalue weighted by molar-refractivity contribution is -0.121. The van der Waals surface area contributed by atoms with Crippen LogP contribution in [-0.4, -0.2) is 36.3 Å². The number of aliphatic hydroxyl groups excluding tert-OH is 1. The number of carbonyl (C=O) groups excluding carboxylic acids is 1. The molecule has 0 saturated heterocycles. The second-order valence-corrected chi connectivity index (χ2v) is 6.72. The van der Waals surface area contributed by atoms with Gasteiger partial charge >= 0.3 is 0 Å². The summed E-state index contributed by atoms with van der Waals surface area (Å²) in [5.41, 5.74) is 0.924. The smallest absolute Gasteiger partial charge is 0.220 e. The minimum absolute atomic E-state index is 0.0760. The Hall–Kier alpha value is -1.59. The molecule has 142 valence electrons. The van der Waals surface area contributed by atoms with Gasteiger partial charge in [0.05, 0.1) is 0 Å². The van der Waals surface area contributed by atoms with Gasteiger partial charge in [-0.05, 0) is 12.5 Å². The molecule has 3 N–H and O–H groups in total. The van der Waals surface area contributed by atoms with Gasteiger partial charge in [-0.2, -0.15) is 0 Å². The van der Waals surface area contributed by atoms with Crippen molar-refractivity contribution in [3.05, 3.63) is 29.8 Å². The van der Waals surface area contributed by atoms with Crippen LogP contribution in [0, 0.1) is 0 Å². The Morgan fingerprint density at radius 3 is 2.68 bits per heavy atom. The van der Waals surface area contributed by atoms with Crippen molar-refractivity contribution < 1.29 is 14.6 Å². The monoisotopic (exact) mass is 350 g/mol. The molecule has 1 atom stereocenters. The summed E-state index contributed by atoms with van der Waals surface area (Å²) in [5, 5.41) is 16.1. The molecule has 0 fully saturated rings. The summed E-state index contributed by atoms with van der Waals surface area (Å²) in [7, 11) is 0. The number of hydrogen-bond acceptors (Lipinski definition) is 4. The highest BCUT2D eigenvalue weighted by Crippen LogP contribution is 2.18. The fourth-order valence-corrected chi connectivity index (χ4v) is 2.40. The molecule has 1 rings (SSSR count). The molecule has 0 aromatic heterocycles. The molecule has 1 amide bonds. The summed E-state index contributed by atoms with van der Waals surface area (Å²) in [6.45, 7) is 7.40. The molecule has 1 unspecified atom stereocenters. The zero-order valence-electron chi connectivity index (χ0n) is 15.9. The van der Waals surface area contributed by atoms with Crippen molar-refractivity contribution in [3.63, 3.8) is 0 Å². The Bertz CT molecular complexity index is 492. The van der Waals surface area contributed by atoms with E-state index in [1.807, 2.05) is 38.1 Å². The minimum Gasteiger partial charge on any atom is -0.490 e. The predicted molar refractivity (Wildman–Crippen MR) is 102 cm³/mol. The molecule has 1 aromatic carbocycles. The molecule has 0 bridgehead atoms. The standard InChI is InChI=1S/C20H34N2O3/c1-4-5-6-7-12-20(24)22-13-17-10-8-9-11-19(17)25-15-18(23)14-21-16(2)3/h8-11,16,18,21,23H,4-7,12-15H2,1-3H3,(H,22,24). The van der Waals surface area contributed by atoms with Gasteiger partial charge in [-0.1, -0.05) is 58.2 Å². The quantitative estimate of drug-likeness (QED) is 0.478. The molecule has 0 aliphatic carbocycles. The Labute approximate surface area is 152 Å². The van der Waals surface area contributed by atoms with E-state index < -0.39 is 6.10 Å². The van der Waals surface area contributed by atoms with E-state index in [4.69, 9.17) is 4.74 Å². The number of rotatable bonds is 13. The second kappa shape index (κ2) is 12.7. The fraction of sp³-hybridized carbons (Fsp3) is 0.650. The first kappa shape index (κ1) is 21.5. The van der Waals surface area contributed by atoms with E-state index >= 15 is 0 Å². The van der Waals surface area contributed by atoms with E-state index in [1.165, 1.54) is 12.8 Å². The summed E-state index contributed by atoms with van der Waals surface area (Å²) in [6, 6.07) is 7.95. The normalized spacial score (nSPS) is 12.2. The maximum Gasteiger partial charge on any atom is 0.220 e. The molecule has 25 heavy (non-hydrogen) atoms. The largest absolute Gasteiger partial charge is 0.490 e. The van der Waals surface area contributed by atoms with Gasteiger partial charge in [0.2, 0.25) is 5.91 Å². The molecular weight excluding hydrogens is 316 g/mol. The van der Waals surface area contributed by atoms with Crippen LogP contribution >= 0.6 is 0 Å². The van der Waals surface area contributed by atoms with Crippen LogP contribution in [0.1, 0.15) is 58.4 Å². The maximum atomic E-state index is 11.9. The second-order valence-electron chi connectivity index (χ2n) is 6.72. The summed E-state index contributed by atoms with van der Waals surface area (Å²) >= 11 is 0. The van der Waals surface area contributed by atoms with Crippen molar-refractivity contribution >= 4 is 5.91 Å². The number of benzene rings is 1. The number of amides is 1. The number of unbranched alkanes of at least 4 members (excludes halogenated alkanes) is 3. The van der Waals surface area contributed by atoms with E-state index in [1.54, 1.807) is 0 Å². The third kappa shape index (κ3) is 10.1. The fourth-order valence-electron chi connectivity index (χ4n) is 2.40. The summed E-state index contributed by atoms with van der Waals surface area (Å²) < 4.78 is 5.74. The van der Waals surface area contributed by atoms with Gasteiger partial charge in [0.1, 0.15) is 18.5 Å². The highest BCUT2D eigenvalue weighted by atomic mass is 16.5. The Morgan fingerprint density at radius 2 is 1.96 bits per heavy atom. The van der Waals surface area contributed by atoms with Crippen molar-refractivity contribution in [1.29, 1.82) is 0 Å². The van der Waals surface area contributed by atoms with Crippen LogP contribution in [0.25, 0.3) is 0 Å². The Morgan fingerprint density at radius 1 is 1.20 bits per heavy atom. The van der Waals surface area contributed by atoms with Crippen molar-refractivity contribution in [2.75, 3.05) is 13.2 Å². The van der Waals surface area contributed by atoms with Gasteiger partial charge in [0.25, 0.3) is 0 Å². The molecule has 0 radical (unpaired) electrons. The number of carbonyl (C=O) groups is 1. The van der Waals surface area contributed by atoms with Crippen LogP contribution < -0.4 is 15.4 Å². The first-order chi connectivity index (χ1) is 12.0. The molecule has 0 spiro atoms. The van der Waals surface area contributed by atoms with Crippen molar-refractivity contribution in [2.45, 2.75) is 71.6 Å². The van der Waals surface area contributed by atoms with Crippen molar-refractivity contribution in [2.24, 2.45) is 0 Å². The third-order valence-corrected chi connectivity index (χ3v) is 3.90. The molecule has 1 aromatic rings. The first-order valence-electron chi connectivity index (χ1n) is 9.41. The van der Waals surface area contributed by atoms with Crippen molar-refractivity contribution in [1.82, 2.24) is 10.6 Å². The van der Waals surface area contributed by atoms with E-state index in [9.17, 15) is 9.90 Å². The lowest BCUT2D eigenvalue weighted by Gasteiger charge is -2.17. The number of hydrogen-bond donors (Lipinski definition) is 3. The molecule has 0 heterocycles. The van der Waals surface area contributed by atoms with E-state index in [0.717, 1.165) is 18.4 Å². The zero-order valence-corrected chi connectivity index (χ0v) is 15.9. The number of aliphatic hydroxyl groups is 1. The molecule has 5 nitrogen and oxygen atoms in total. The Balaban J connectivity index is 2.39. The van der Waals surface area contributed by atoms with Gasteiger partial charge in [-0.15, -0.1) is 0 Å². The minimum atomic E-state index is -0.566. The van der Waals surface area contributed by atoms with Crippen LogP contribution in [0.4, 0.5) is 0 Å². The topological polar surface area (TPSA) is 70.6 Å². The number of ether oxygens (including phenoxy) is 1. The van der Waals surface area contributed by atoms with E-state index in [-0.39, 0.29) is 12.5 Å². The highest BCUT2D eigenvalue weighted by molar-refractivity contribution is 5.75. The van der Waals surface area contributed by atoms with Gasteiger partial charge in [-0.25, -0.2) is 0 Å². The molecule has 0 saturated carbocycles. The number of nitrogens with one attached hydrogen (secondary N) is 2. The molecule has 0 aliphatic rings. The lowest BCUT2D eigenvalue weighted by atomic mass is 10.1. The zero-order chi connectivity index (χ0) is 18.5. The van der Waals surface area contributed by atoms with Gasteiger partial charge in [-0.3, -0.25) is 4.79 Å². The van der Waals surface area contributed by atoms with Crippen LogP contribution in [0.5, 0.6) is 5.75 Å². The molecular formula is C20H34N2O3. The van der Waals surface area contributed by atoms with Crippen LogP contribution in [0.15, 0.2) is 24.3 Å². The molecule has 5 heteroatoms. The average Bonchev–Trinajstić information content (AvgIpc) is 2.60. The van der Waals surface area contributed by atoms with Crippen LogP contribution in [0.2, 0.25) is 0 Å². The number of para-hydroxylation sites is 1. The summed E-state index contributed by atoms with van der Waals surface area (Å²) in [5.74, 6) is 0.782. The highest BCUT2D eigenvalue weighted by Gasteiger charge is 2.09. The van der Waals surface area contributed by atoms with E-state index in [0.29, 0.717) is 31.3 Å². The van der Waals surface area contributed by atoms with Gasteiger partial charge in [0.15, 0.2) is 0 Å².